The molecule has 0 aliphatic carbocycles. The third-order valence-electron chi connectivity index (χ3n) is 6.59. The Hall–Kier alpha value is -3.97. The third-order valence-corrected chi connectivity index (χ3v) is 6.59. The fraction of sp³-hybridized carbons (Fsp3) is 0.207. The average molecular weight is 489 g/mol. The van der Waals surface area contributed by atoms with Crippen LogP contribution in [0.25, 0.3) is 10.8 Å². The average Bonchev–Trinajstić information content (AvgIpc) is 2.87. The summed E-state index contributed by atoms with van der Waals surface area (Å²) in [4.78, 5) is 13.3. The molecule has 0 radical (unpaired) electrons. The van der Waals surface area contributed by atoms with E-state index in [1.165, 1.54) is 40.6 Å². The number of benzene rings is 4. The van der Waals surface area contributed by atoms with Gasteiger partial charge in [0.1, 0.15) is 23.5 Å². The van der Waals surface area contributed by atoms with Gasteiger partial charge < -0.3 is 20.1 Å². The van der Waals surface area contributed by atoms with Crippen molar-refractivity contribution in [3.63, 3.8) is 0 Å². The number of nitrogens with one attached hydrogen (secondary N) is 1. The molecular weight excluding hydrogens is 462 g/mol. The Labute approximate surface area is 207 Å². The first-order valence-electron chi connectivity index (χ1n) is 11.9. The number of fused-ring (bicyclic) bond motifs is 2. The molecule has 5 rings (SSSR count). The standard InChI is InChI=1S/C29H26F2N2O3/c1-18(23-8-4-6-19-5-2-3-7-24(19)23)32-14-13-22-17-33(27-12-9-20(30)15-28(27)36-22)21-10-11-26(31)25(16-21)29(34)35/h2-12,15-16,18,22,32H,13-14,17H2,1H3,(H,34,35)/t18-,22?/m1/s1. The zero-order valence-electron chi connectivity index (χ0n) is 19.7. The highest BCUT2D eigenvalue weighted by atomic mass is 19.1. The summed E-state index contributed by atoms with van der Waals surface area (Å²) in [5, 5.41) is 15.3. The van der Waals surface area contributed by atoms with Crippen molar-refractivity contribution in [3.05, 3.63) is 102 Å². The predicted molar refractivity (Wildman–Crippen MR) is 136 cm³/mol. The maximum atomic E-state index is 14.0. The number of rotatable bonds is 7. The fourth-order valence-corrected chi connectivity index (χ4v) is 4.76. The second-order valence-electron chi connectivity index (χ2n) is 8.96. The van der Waals surface area contributed by atoms with Gasteiger partial charge in [0, 0.05) is 17.8 Å². The van der Waals surface area contributed by atoms with Crippen LogP contribution in [0.2, 0.25) is 0 Å². The van der Waals surface area contributed by atoms with E-state index in [4.69, 9.17) is 4.74 Å². The zero-order valence-corrected chi connectivity index (χ0v) is 19.7. The van der Waals surface area contributed by atoms with Gasteiger partial charge in [0.05, 0.1) is 17.8 Å². The van der Waals surface area contributed by atoms with E-state index in [9.17, 15) is 18.7 Å². The lowest BCUT2D eigenvalue weighted by Crippen LogP contribution is -2.39. The van der Waals surface area contributed by atoms with Gasteiger partial charge in [-0.3, -0.25) is 0 Å². The number of halogens is 2. The second kappa shape index (κ2) is 9.95. The molecule has 0 spiro atoms. The van der Waals surface area contributed by atoms with Gasteiger partial charge in [0.15, 0.2) is 0 Å². The number of carboxylic acid groups (broad SMARTS) is 1. The smallest absolute Gasteiger partial charge is 0.338 e. The SMILES string of the molecule is C[C@@H](NCCC1CN(c2ccc(F)c(C(=O)O)c2)c2ccc(F)cc2O1)c1cccc2ccccc12. The summed E-state index contributed by atoms with van der Waals surface area (Å²) in [7, 11) is 0. The molecule has 4 aromatic carbocycles. The number of hydrogen-bond donors (Lipinski definition) is 2. The molecule has 2 N–H and O–H groups in total. The molecule has 0 aromatic heterocycles. The van der Waals surface area contributed by atoms with Gasteiger partial charge in [-0.2, -0.15) is 0 Å². The summed E-state index contributed by atoms with van der Waals surface area (Å²) in [5.74, 6) is -2.20. The topological polar surface area (TPSA) is 61.8 Å². The molecule has 0 amide bonds. The molecule has 0 fully saturated rings. The van der Waals surface area contributed by atoms with E-state index in [2.05, 4.69) is 42.6 Å². The van der Waals surface area contributed by atoms with Crippen molar-refractivity contribution in [1.82, 2.24) is 5.32 Å². The molecule has 1 aliphatic rings. The van der Waals surface area contributed by atoms with Gasteiger partial charge in [0.25, 0.3) is 0 Å². The van der Waals surface area contributed by atoms with Crippen LogP contribution >= 0.6 is 0 Å². The van der Waals surface area contributed by atoms with Crippen LogP contribution in [0.1, 0.15) is 35.3 Å². The van der Waals surface area contributed by atoms with Gasteiger partial charge in [-0.1, -0.05) is 42.5 Å². The van der Waals surface area contributed by atoms with Crippen molar-refractivity contribution in [2.24, 2.45) is 0 Å². The summed E-state index contributed by atoms with van der Waals surface area (Å²) in [6, 6.07) is 22.8. The van der Waals surface area contributed by atoms with Gasteiger partial charge in [0.2, 0.25) is 0 Å². The number of ether oxygens (including phenoxy) is 1. The minimum absolute atomic E-state index is 0.107. The molecular formula is C29H26F2N2O3. The summed E-state index contributed by atoms with van der Waals surface area (Å²) in [6.07, 6.45) is 0.346. The van der Waals surface area contributed by atoms with Gasteiger partial charge in [-0.15, -0.1) is 0 Å². The highest BCUT2D eigenvalue weighted by molar-refractivity contribution is 5.90. The molecule has 1 heterocycles. The van der Waals surface area contributed by atoms with E-state index in [0.717, 1.165) is 6.07 Å². The number of anilines is 2. The first-order chi connectivity index (χ1) is 17.4. The quantitative estimate of drug-likeness (QED) is 0.313. The van der Waals surface area contributed by atoms with Crippen LogP contribution in [0.5, 0.6) is 5.75 Å². The van der Waals surface area contributed by atoms with E-state index in [1.807, 2.05) is 17.0 Å². The summed E-state index contributed by atoms with van der Waals surface area (Å²) in [5.41, 5.74) is 1.91. The molecule has 36 heavy (non-hydrogen) atoms. The lowest BCUT2D eigenvalue weighted by Gasteiger charge is -2.36. The number of carboxylic acids is 1. The van der Waals surface area contributed by atoms with Crippen LogP contribution in [0.4, 0.5) is 20.2 Å². The number of aromatic carboxylic acids is 1. The highest BCUT2D eigenvalue weighted by Crippen LogP contribution is 2.39. The number of carbonyl (C=O) groups is 1. The molecule has 2 atom stereocenters. The first kappa shape index (κ1) is 23.8. The molecule has 7 heteroatoms. The van der Waals surface area contributed by atoms with Crippen molar-refractivity contribution in [1.29, 1.82) is 0 Å². The maximum absolute atomic E-state index is 14.0. The van der Waals surface area contributed by atoms with Crippen molar-refractivity contribution in [2.75, 3.05) is 18.0 Å². The molecule has 0 saturated carbocycles. The van der Waals surface area contributed by atoms with E-state index in [0.29, 0.717) is 36.6 Å². The lowest BCUT2D eigenvalue weighted by atomic mass is 9.99. The van der Waals surface area contributed by atoms with Crippen molar-refractivity contribution >= 4 is 28.1 Å². The number of hydrogen-bond acceptors (Lipinski definition) is 4. The van der Waals surface area contributed by atoms with E-state index < -0.39 is 23.2 Å². The molecule has 184 valence electrons. The lowest BCUT2D eigenvalue weighted by molar-refractivity contribution is 0.0692. The van der Waals surface area contributed by atoms with Crippen LogP contribution in [0.3, 0.4) is 0 Å². The van der Waals surface area contributed by atoms with Crippen molar-refractivity contribution in [3.8, 4) is 5.75 Å². The Morgan fingerprint density at radius 2 is 1.89 bits per heavy atom. The molecule has 1 unspecified atom stereocenters. The van der Waals surface area contributed by atoms with E-state index in [-0.39, 0.29) is 12.1 Å². The molecule has 0 bridgehead atoms. The van der Waals surface area contributed by atoms with Crippen LogP contribution < -0.4 is 15.0 Å². The van der Waals surface area contributed by atoms with Gasteiger partial charge >= 0.3 is 5.97 Å². The Bertz CT molecular complexity index is 1420. The third kappa shape index (κ3) is 4.75. The van der Waals surface area contributed by atoms with Gasteiger partial charge in [-0.05, 0) is 66.6 Å². The second-order valence-corrected chi connectivity index (χ2v) is 8.96. The molecule has 5 nitrogen and oxygen atoms in total. The van der Waals surface area contributed by atoms with Gasteiger partial charge in [-0.25, -0.2) is 13.6 Å². The van der Waals surface area contributed by atoms with Crippen molar-refractivity contribution in [2.45, 2.75) is 25.5 Å². The van der Waals surface area contributed by atoms with E-state index >= 15 is 0 Å². The number of nitrogens with zero attached hydrogens (tertiary/aromatic N) is 1. The summed E-state index contributed by atoms with van der Waals surface area (Å²) < 4.78 is 34.1. The highest BCUT2D eigenvalue weighted by Gasteiger charge is 2.28. The summed E-state index contributed by atoms with van der Waals surface area (Å²) >= 11 is 0. The van der Waals surface area contributed by atoms with Crippen LogP contribution in [0, 0.1) is 11.6 Å². The molecule has 4 aromatic rings. The van der Waals surface area contributed by atoms with Crippen LogP contribution in [-0.2, 0) is 0 Å². The predicted octanol–water partition coefficient (Wildman–Crippen LogP) is 6.46. The summed E-state index contributed by atoms with van der Waals surface area (Å²) in [6.45, 7) is 3.18. The Kier molecular flexibility index (Phi) is 6.57. The Morgan fingerprint density at radius 1 is 1.08 bits per heavy atom. The Morgan fingerprint density at radius 3 is 2.72 bits per heavy atom. The van der Waals surface area contributed by atoms with E-state index in [1.54, 1.807) is 6.07 Å². The zero-order chi connectivity index (χ0) is 25.2. The monoisotopic (exact) mass is 488 g/mol. The maximum Gasteiger partial charge on any atom is 0.338 e. The minimum Gasteiger partial charge on any atom is -0.486 e. The minimum atomic E-state index is -1.34. The van der Waals surface area contributed by atoms with Crippen LogP contribution in [0.15, 0.2) is 78.9 Å². The Balaban J connectivity index is 1.34. The normalized spacial score (nSPS) is 15.9. The fourth-order valence-electron chi connectivity index (χ4n) is 4.76. The van der Waals surface area contributed by atoms with Crippen molar-refractivity contribution < 1.29 is 23.4 Å². The van der Waals surface area contributed by atoms with Crippen LogP contribution in [-0.4, -0.2) is 30.3 Å². The first-order valence-corrected chi connectivity index (χ1v) is 11.9. The molecule has 1 aliphatic heterocycles. The largest absolute Gasteiger partial charge is 0.486 e. The molecule has 0 saturated heterocycles.